The minimum atomic E-state index is -0.456. The highest BCUT2D eigenvalue weighted by molar-refractivity contribution is 5.70. The molecular formula is C13H21NO3. The molecule has 5 atom stereocenters. The van der Waals surface area contributed by atoms with E-state index >= 15 is 0 Å². The standard InChI is InChI=1S/C13H21NO3/c1-13(2,3)17-12(16)14-10-5-9(11(14)6-15)7-4-8(7)10/h7-11,15H,4-6H2,1-3H3/t7-,8+,9-,10+,11-/m1/s1. The summed E-state index contributed by atoms with van der Waals surface area (Å²) in [5.74, 6) is 1.98. The zero-order chi connectivity index (χ0) is 12.4. The third-order valence-electron chi connectivity index (χ3n) is 4.45. The maximum absolute atomic E-state index is 12.2. The van der Waals surface area contributed by atoms with E-state index in [0.29, 0.717) is 17.9 Å². The number of carbonyl (C=O) groups excluding carboxylic acids is 1. The molecule has 3 fully saturated rings. The molecule has 0 spiro atoms. The van der Waals surface area contributed by atoms with Crippen molar-refractivity contribution in [2.24, 2.45) is 17.8 Å². The number of ether oxygens (including phenoxy) is 1. The highest BCUT2D eigenvalue weighted by atomic mass is 16.6. The second-order valence-electron chi connectivity index (χ2n) is 6.67. The largest absolute Gasteiger partial charge is 0.444 e. The molecule has 2 saturated carbocycles. The molecule has 0 unspecified atom stereocenters. The molecule has 0 aromatic heterocycles. The zero-order valence-electron chi connectivity index (χ0n) is 10.7. The summed E-state index contributed by atoms with van der Waals surface area (Å²) >= 11 is 0. The number of piperidine rings is 1. The molecular weight excluding hydrogens is 218 g/mol. The second kappa shape index (κ2) is 3.37. The minimum Gasteiger partial charge on any atom is -0.444 e. The topological polar surface area (TPSA) is 49.8 Å². The summed E-state index contributed by atoms with van der Waals surface area (Å²) in [6.45, 7) is 5.72. The van der Waals surface area contributed by atoms with Crippen LogP contribution in [0.3, 0.4) is 0 Å². The Balaban J connectivity index is 1.76. The Hall–Kier alpha value is -0.770. The number of nitrogens with zero attached hydrogens (tertiary/aromatic N) is 1. The molecule has 0 aromatic carbocycles. The Bertz CT molecular complexity index is 349. The van der Waals surface area contributed by atoms with Gasteiger partial charge in [-0.15, -0.1) is 0 Å². The first-order valence-electron chi connectivity index (χ1n) is 6.54. The first-order chi connectivity index (χ1) is 7.92. The molecule has 3 aliphatic rings. The van der Waals surface area contributed by atoms with Crippen LogP contribution in [0.1, 0.15) is 33.6 Å². The van der Waals surface area contributed by atoms with Gasteiger partial charge in [0.25, 0.3) is 0 Å². The third kappa shape index (κ3) is 1.65. The summed E-state index contributed by atoms with van der Waals surface area (Å²) in [5.41, 5.74) is -0.456. The number of hydrogen-bond acceptors (Lipinski definition) is 3. The van der Waals surface area contributed by atoms with Crippen molar-refractivity contribution in [3.8, 4) is 0 Å². The third-order valence-corrected chi connectivity index (χ3v) is 4.45. The van der Waals surface area contributed by atoms with Gasteiger partial charge in [0.05, 0.1) is 12.6 Å². The van der Waals surface area contributed by atoms with Crippen molar-refractivity contribution in [3.05, 3.63) is 0 Å². The molecule has 1 amide bonds. The number of amides is 1. The maximum Gasteiger partial charge on any atom is 0.410 e. The van der Waals surface area contributed by atoms with Crippen molar-refractivity contribution >= 4 is 6.09 Å². The van der Waals surface area contributed by atoms with Crippen molar-refractivity contribution in [2.75, 3.05) is 6.61 Å². The predicted octanol–water partition coefficient (Wildman–Crippen LogP) is 1.62. The van der Waals surface area contributed by atoms with Gasteiger partial charge in [-0.3, -0.25) is 4.90 Å². The van der Waals surface area contributed by atoms with Gasteiger partial charge in [0.1, 0.15) is 5.60 Å². The van der Waals surface area contributed by atoms with Gasteiger partial charge in [0.15, 0.2) is 0 Å². The lowest BCUT2D eigenvalue weighted by molar-refractivity contribution is -0.00199. The lowest BCUT2D eigenvalue weighted by Crippen LogP contribution is -2.49. The van der Waals surface area contributed by atoms with Crippen LogP contribution in [0.25, 0.3) is 0 Å². The molecule has 1 saturated heterocycles. The molecule has 4 nitrogen and oxygen atoms in total. The Labute approximate surface area is 102 Å². The number of aliphatic hydroxyl groups excluding tert-OH is 1. The average Bonchev–Trinajstić information content (AvgIpc) is 2.82. The van der Waals surface area contributed by atoms with Gasteiger partial charge in [0.2, 0.25) is 0 Å². The van der Waals surface area contributed by atoms with Gasteiger partial charge in [-0.2, -0.15) is 0 Å². The predicted molar refractivity (Wildman–Crippen MR) is 62.4 cm³/mol. The minimum absolute atomic E-state index is 0.00130. The molecule has 0 aromatic rings. The van der Waals surface area contributed by atoms with Gasteiger partial charge in [-0.05, 0) is 51.4 Å². The van der Waals surface area contributed by atoms with Gasteiger partial charge < -0.3 is 9.84 Å². The summed E-state index contributed by atoms with van der Waals surface area (Å²) in [7, 11) is 0. The van der Waals surface area contributed by atoms with Gasteiger partial charge in [-0.25, -0.2) is 4.79 Å². The zero-order valence-corrected chi connectivity index (χ0v) is 10.7. The Kier molecular flexibility index (Phi) is 2.25. The van der Waals surface area contributed by atoms with E-state index in [9.17, 15) is 9.90 Å². The van der Waals surface area contributed by atoms with E-state index in [4.69, 9.17) is 4.74 Å². The van der Waals surface area contributed by atoms with Crippen molar-refractivity contribution < 1.29 is 14.6 Å². The van der Waals surface area contributed by atoms with Crippen molar-refractivity contribution in [1.82, 2.24) is 4.90 Å². The monoisotopic (exact) mass is 239 g/mol. The van der Waals surface area contributed by atoms with E-state index in [2.05, 4.69) is 0 Å². The fraction of sp³-hybridized carbons (Fsp3) is 0.923. The number of carbonyl (C=O) groups is 1. The lowest BCUT2D eigenvalue weighted by atomic mass is 9.97. The molecule has 1 aliphatic heterocycles. The van der Waals surface area contributed by atoms with Gasteiger partial charge in [-0.1, -0.05) is 0 Å². The summed E-state index contributed by atoms with van der Waals surface area (Å²) in [5, 5.41) is 9.49. The molecule has 17 heavy (non-hydrogen) atoms. The van der Waals surface area contributed by atoms with E-state index < -0.39 is 5.60 Å². The fourth-order valence-electron chi connectivity index (χ4n) is 3.82. The molecule has 2 aliphatic carbocycles. The van der Waals surface area contributed by atoms with Crippen LogP contribution in [-0.4, -0.2) is 40.4 Å². The van der Waals surface area contributed by atoms with Gasteiger partial charge >= 0.3 is 6.09 Å². The van der Waals surface area contributed by atoms with E-state index in [1.807, 2.05) is 25.7 Å². The molecule has 0 radical (unpaired) electrons. The average molecular weight is 239 g/mol. The van der Waals surface area contributed by atoms with Crippen molar-refractivity contribution in [2.45, 2.75) is 51.3 Å². The van der Waals surface area contributed by atoms with Crippen LogP contribution in [0, 0.1) is 17.8 Å². The van der Waals surface area contributed by atoms with Crippen molar-refractivity contribution in [1.29, 1.82) is 0 Å². The van der Waals surface area contributed by atoms with Crippen LogP contribution in [0.4, 0.5) is 4.79 Å². The first kappa shape index (κ1) is 11.3. The van der Waals surface area contributed by atoms with Crippen LogP contribution < -0.4 is 0 Å². The molecule has 1 heterocycles. The van der Waals surface area contributed by atoms with E-state index in [0.717, 1.165) is 12.3 Å². The molecule has 2 bridgehead atoms. The van der Waals surface area contributed by atoms with E-state index in [1.54, 1.807) is 0 Å². The van der Waals surface area contributed by atoms with Crippen molar-refractivity contribution in [3.63, 3.8) is 0 Å². The molecule has 1 N–H and O–H groups in total. The lowest BCUT2D eigenvalue weighted by Gasteiger charge is -2.35. The van der Waals surface area contributed by atoms with E-state index in [1.165, 1.54) is 6.42 Å². The smallest absolute Gasteiger partial charge is 0.410 e. The number of fused-ring (bicyclic) bond motifs is 5. The maximum atomic E-state index is 12.2. The van der Waals surface area contributed by atoms with Crippen LogP contribution in [0.5, 0.6) is 0 Å². The summed E-state index contributed by atoms with van der Waals surface area (Å²) in [6.07, 6.45) is 2.07. The highest BCUT2D eigenvalue weighted by Gasteiger charge is 2.65. The Morgan fingerprint density at radius 3 is 2.59 bits per heavy atom. The second-order valence-corrected chi connectivity index (χ2v) is 6.67. The molecule has 3 rings (SSSR count). The molecule has 4 heteroatoms. The first-order valence-corrected chi connectivity index (χ1v) is 6.54. The summed E-state index contributed by atoms with van der Waals surface area (Å²) in [4.78, 5) is 14.0. The van der Waals surface area contributed by atoms with Crippen LogP contribution in [-0.2, 0) is 4.74 Å². The Morgan fingerprint density at radius 2 is 2.00 bits per heavy atom. The van der Waals surface area contributed by atoms with E-state index in [-0.39, 0.29) is 18.7 Å². The fourth-order valence-corrected chi connectivity index (χ4v) is 3.82. The number of rotatable bonds is 1. The molecule has 96 valence electrons. The van der Waals surface area contributed by atoms with Gasteiger partial charge in [0, 0.05) is 6.04 Å². The van der Waals surface area contributed by atoms with Crippen LogP contribution in [0.15, 0.2) is 0 Å². The summed E-state index contributed by atoms with van der Waals surface area (Å²) < 4.78 is 5.45. The number of likely N-dealkylation sites (tertiary alicyclic amines) is 1. The highest BCUT2D eigenvalue weighted by Crippen LogP contribution is 2.63. The Morgan fingerprint density at radius 1 is 1.29 bits per heavy atom. The number of aliphatic hydroxyl groups is 1. The SMILES string of the molecule is CC(C)(C)OC(=O)N1[C@H](CO)[C@@H]2C[C@H]1[C@H]1C[C@@H]21. The van der Waals surface area contributed by atoms with Crippen LogP contribution in [0.2, 0.25) is 0 Å². The quantitative estimate of drug-likeness (QED) is 0.756. The number of hydrogen-bond donors (Lipinski definition) is 1. The summed E-state index contributed by atoms with van der Waals surface area (Å²) in [6, 6.07) is 0.329. The van der Waals surface area contributed by atoms with Crippen LogP contribution >= 0.6 is 0 Å². The normalized spacial score (nSPS) is 42.6.